The number of carbonyl (C=O) groups is 1. The number of anilines is 1. The van der Waals surface area contributed by atoms with E-state index in [1.54, 1.807) is 13.0 Å². The third-order valence-electron chi connectivity index (χ3n) is 3.61. The van der Waals surface area contributed by atoms with Crippen LogP contribution in [0, 0.1) is 17.0 Å². The zero-order valence-corrected chi connectivity index (χ0v) is 14.5. The molecule has 0 fully saturated rings. The van der Waals surface area contributed by atoms with Gasteiger partial charge >= 0.3 is 5.69 Å². The van der Waals surface area contributed by atoms with Gasteiger partial charge in [0.2, 0.25) is 0 Å². The van der Waals surface area contributed by atoms with Crippen molar-refractivity contribution in [3.05, 3.63) is 63.7 Å². The number of amides is 1. The predicted molar refractivity (Wildman–Crippen MR) is 95.9 cm³/mol. The van der Waals surface area contributed by atoms with E-state index < -0.39 is 4.92 Å². The van der Waals surface area contributed by atoms with Crippen LogP contribution in [0.2, 0.25) is 0 Å². The molecule has 1 amide bonds. The van der Waals surface area contributed by atoms with Crippen molar-refractivity contribution in [1.29, 1.82) is 0 Å². The molecule has 0 aliphatic rings. The molecule has 0 bridgehead atoms. The molecular formula is C18H21N3O4. The van der Waals surface area contributed by atoms with Gasteiger partial charge in [-0.1, -0.05) is 18.2 Å². The second kappa shape index (κ2) is 8.14. The van der Waals surface area contributed by atoms with Gasteiger partial charge < -0.3 is 15.0 Å². The van der Waals surface area contributed by atoms with Gasteiger partial charge in [-0.15, -0.1) is 0 Å². The van der Waals surface area contributed by atoms with E-state index in [4.69, 9.17) is 4.74 Å². The Labute approximate surface area is 146 Å². The Morgan fingerprint density at radius 3 is 2.48 bits per heavy atom. The second-order valence-electron chi connectivity index (χ2n) is 5.85. The normalized spacial score (nSPS) is 10.2. The average molecular weight is 343 g/mol. The van der Waals surface area contributed by atoms with Crippen LogP contribution in [0.25, 0.3) is 0 Å². The van der Waals surface area contributed by atoms with Crippen molar-refractivity contribution in [3.63, 3.8) is 0 Å². The topological polar surface area (TPSA) is 84.7 Å². The summed E-state index contributed by atoms with van der Waals surface area (Å²) in [7, 11) is 3.91. The van der Waals surface area contributed by atoms with Gasteiger partial charge in [-0.3, -0.25) is 14.9 Å². The van der Waals surface area contributed by atoms with Gasteiger partial charge in [0, 0.05) is 32.4 Å². The number of hydrogen-bond donors (Lipinski definition) is 1. The molecule has 0 atom stereocenters. The van der Waals surface area contributed by atoms with Crippen LogP contribution in [0.4, 0.5) is 11.4 Å². The first kappa shape index (κ1) is 18.3. The molecule has 0 aromatic heterocycles. The molecule has 0 aliphatic heterocycles. The molecule has 2 aromatic rings. The van der Waals surface area contributed by atoms with Crippen LogP contribution in [0.15, 0.2) is 42.5 Å². The van der Waals surface area contributed by atoms with Crippen LogP contribution in [-0.2, 0) is 11.3 Å². The molecule has 7 nitrogen and oxygen atoms in total. The summed E-state index contributed by atoms with van der Waals surface area (Å²) >= 11 is 0. The minimum absolute atomic E-state index is 0.0843. The molecule has 132 valence electrons. The van der Waals surface area contributed by atoms with E-state index in [-0.39, 0.29) is 24.0 Å². The van der Waals surface area contributed by atoms with Crippen LogP contribution in [0.3, 0.4) is 0 Å². The number of aryl methyl sites for hydroxylation is 1. The number of carbonyl (C=O) groups excluding carboxylic acids is 1. The molecule has 0 saturated heterocycles. The van der Waals surface area contributed by atoms with Crippen LogP contribution >= 0.6 is 0 Å². The third kappa shape index (κ3) is 5.20. The van der Waals surface area contributed by atoms with Crippen molar-refractivity contribution < 1.29 is 14.5 Å². The smallest absolute Gasteiger partial charge is 0.311 e. The molecule has 0 aliphatic carbocycles. The van der Waals surface area contributed by atoms with E-state index >= 15 is 0 Å². The van der Waals surface area contributed by atoms with Crippen molar-refractivity contribution in [1.82, 2.24) is 5.32 Å². The van der Waals surface area contributed by atoms with Gasteiger partial charge in [0.1, 0.15) is 0 Å². The molecular weight excluding hydrogens is 322 g/mol. The summed E-state index contributed by atoms with van der Waals surface area (Å²) in [5.74, 6) is -0.257. The highest BCUT2D eigenvalue weighted by atomic mass is 16.6. The highest BCUT2D eigenvalue weighted by Gasteiger charge is 2.16. The van der Waals surface area contributed by atoms with Gasteiger partial charge in [0.05, 0.1) is 4.92 Å². The first-order valence-corrected chi connectivity index (χ1v) is 7.77. The maximum atomic E-state index is 11.9. The lowest BCUT2D eigenvalue weighted by atomic mass is 10.2. The number of nitro groups is 1. The molecule has 25 heavy (non-hydrogen) atoms. The molecule has 7 heteroatoms. The van der Waals surface area contributed by atoms with E-state index in [0.29, 0.717) is 6.54 Å². The highest BCUT2D eigenvalue weighted by Crippen LogP contribution is 2.27. The summed E-state index contributed by atoms with van der Waals surface area (Å²) in [5, 5.41) is 13.8. The molecule has 0 spiro atoms. The van der Waals surface area contributed by atoms with Crippen LogP contribution in [0.1, 0.15) is 11.1 Å². The van der Waals surface area contributed by atoms with Crippen molar-refractivity contribution in [2.24, 2.45) is 0 Å². The van der Waals surface area contributed by atoms with Gasteiger partial charge in [-0.25, -0.2) is 0 Å². The monoisotopic (exact) mass is 343 g/mol. The molecule has 2 rings (SSSR count). The van der Waals surface area contributed by atoms with E-state index in [9.17, 15) is 14.9 Å². The SMILES string of the molecule is Cc1ccc(OCC(=O)NCc2ccc(N(C)C)cc2)c([N+](=O)[O-])c1. The van der Waals surface area contributed by atoms with E-state index in [1.807, 2.05) is 43.3 Å². The number of nitro benzene ring substituents is 1. The number of rotatable bonds is 7. The Balaban J connectivity index is 1.88. The largest absolute Gasteiger partial charge is 0.477 e. The molecule has 0 unspecified atom stereocenters. The Kier molecular flexibility index (Phi) is 5.94. The van der Waals surface area contributed by atoms with Gasteiger partial charge in [0.25, 0.3) is 5.91 Å². The lowest BCUT2D eigenvalue weighted by Crippen LogP contribution is -2.28. The molecule has 0 saturated carbocycles. The van der Waals surface area contributed by atoms with Crippen molar-refractivity contribution in [2.75, 3.05) is 25.6 Å². The summed E-state index contributed by atoms with van der Waals surface area (Å²) in [6.45, 7) is 1.84. The van der Waals surface area contributed by atoms with Gasteiger partial charge in [0.15, 0.2) is 12.4 Å². The maximum Gasteiger partial charge on any atom is 0.311 e. The average Bonchev–Trinajstić information content (AvgIpc) is 2.59. The number of hydrogen-bond acceptors (Lipinski definition) is 5. The number of nitrogens with zero attached hydrogens (tertiary/aromatic N) is 2. The highest BCUT2D eigenvalue weighted by molar-refractivity contribution is 5.77. The number of nitrogens with one attached hydrogen (secondary N) is 1. The zero-order valence-electron chi connectivity index (χ0n) is 14.5. The summed E-state index contributed by atoms with van der Waals surface area (Å²) in [4.78, 5) is 24.4. The number of benzene rings is 2. The molecule has 0 heterocycles. The Morgan fingerprint density at radius 2 is 1.88 bits per heavy atom. The first-order chi connectivity index (χ1) is 11.9. The lowest BCUT2D eigenvalue weighted by Gasteiger charge is -2.13. The molecule has 2 aromatic carbocycles. The van der Waals surface area contributed by atoms with E-state index in [0.717, 1.165) is 16.8 Å². The summed E-state index contributed by atoms with van der Waals surface area (Å²) < 4.78 is 5.29. The van der Waals surface area contributed by atoms with Crippen LogP contribution in [0.5, 0.6) is 5.75 Å². The first-order valence-electron chi connectivity index (χ1n) is 7.77. The van der Waals surface area contributed by atoms with Crippen molar-refractivity contribution >= 4 is 17.3 Å². The van der Waals surface area contributed by atoms with Crippen molar-refractivity contribution in [2.45, 2.75) is 13.5 Å². The fourth-order valence-electron chi connectivity index (χ4n) is 2.20. The minimum Gasteiger partial charge on any atom is -0.477 e. The third-order valence-corrected chi connectivity index (χ3v) is 3.61. The second-order valence-corrected chi connectivity index (χ2v) is 5.85. The quantitative estimate of drug-likeness (QED) is 0.617. The van der Waals surface area contributed by atoms with Crippen LogP contribution in [-0.4, -0.2) is 31.5 Å². The fraction of sp³-hybridized carbons (Fsp3) is 0.278. The maximum absolute atomic E-state index is 11.9. The predicted octanol–water partition coefficient (Wildman–Crippen LogP) is 2.66. The van der Waals surface area contributed by atoms with Crippen LogP contribution < -0.4 is 15.0 Å². The standard InChI is InChI=1S/C18H21N3O4/c1-13-4-9-17(16(10-13)21(23)24)25-12-18(22)19-11-14-5-7-15(8-6-14)20(2)3/h4-10H,11-12H2,1-3H3,(H,19,22). The Morgan fingerprint density at radius 1 is 1.20 bits per heavy atom. The summed E-state index contributed by atoms with van der Waals surface area (Å²) in [6, 6.07) is 12.4. The zero-order chi connectivity index (χ0) is 18.4. The van der Waals surface area contributed by atoms with Crippen molar-refractivity contribution in [3.8, 4) is 5.75 Å². The molecule has 1 N–H and O–H groups in total. The Hall–Kier alpha value is -3.09. The summed E-state index contributed by atoms with van der Waals surface area (Å²) in [6.07, 6.45) is 0. The Bertz CT molecular complexity index is 757. The number of ether oxygens (including phenoxy) is 1. The summed E-state index contributed by atoms with van der Waals surface area (Å²) in [5.41, 5.74) is 2.64. The van der Waals surface area contributed by atoms with E-state index in [1.165, 1.54) is 12.1 Å². The molecule has 0 radical (unpaired) electrons. The van der Waals surface area contributed by atoms with Gasteiger partial charge in [-0.05, 0) is 36.2 Å². The van der Waals surface area contributed by atoms with E-state index in [2.05, 4.69) is 5.32 Å². The fourth-order valence-corrected chi connectivity index (χ4v) is 2.20. The minimum atomic E-state index is -0.521. The van der Waals surface area contributed by atoms with Gasteiger partial charge in [-0.2, -0.15) is 0 Å². The lowest BCUT2D eigenvalue weighted by molar-refractivity contribution is -0.385.